The smallest absolute Gasteiger partial charge is 0.109 e. The van der Waals surface area contributed by atoms with Crippen LogP contribution in [-0.2, 0) is 28.1 Å². The molecule has 1 aliphatic rings. The number of benzene rings is 1. The molecule has 1 fully saturated rings. The van der Waals surface area contributed by atoms with Crippen LogP contribution in [0.1, 0.15) is 71.7 Å². The summed E-state index contributed by atoms with van der Waals surface area (Å²) in [4.78, 5) is 4.25. The van der Waals surface area contributed by atoms with Crippen LogP contribution >= 0.6 is 0 Å². The standard InChI is InChI=1S/C17H19FN3.C9H18.CH4.W/c1-10(2)11(3)14-7-13(8-15(18)17(14)19-5)16-9-20-12(4)21(16)6;1-3-9-6-4-8(2)5-7-9;;/h7-9H,1,3H2,2,4-6H3;8-9H,3-7H2,1-2H3;1H4;/q-1;;;. The number of rotatable bonds is 5. The predicted octanol–water partition coefficient (Wildman–Crippen LogP) is 8.62. The van der Waals surface area contributed by atoms with Crippen molar-refractivity contribution in [3.05, 3.63) is 59.6 Å². The number of allylic oxidation sites excluding steroid dienone is 2. The maximum absolute atomic E-state index is 14.4. The fourth-order valence-corrected chi connectivity index (χ4v) is 3.94. The predicted molar refractivity (Wildman–Crippen MR) is 134 cm³/mol. The van der Waals surface area contributed by atoms with E-state index >= 15 is 0 Å². The second-order valence-electron chi connectivity index (χ2n) is 8.62. The van der Waals surface area contributed by atoms with Crippen molar-refractivity contribution in [2.45, 2.75) is 67.2 Å². The van der Waals surface area contributed by atoms with E-state index in [0.29, 0.717) is 16.8 Å². The minimum atomic E-state index is -0.369. The topological polar surface area (TPSA) is 31.9 Å². The van der Waals surface area contributed by atoms with Crippen molar-refractivity contribution in [3.8, 4) is 11.3 Å². The van der Waals surface area contributed by atoms with Crippen LogP contribution in [0, 0.1) is 24.6 Å². The average Bonchev–Trinajstić information content (AvgIpc) is 3.06. The number of aromatic nitrogens is 2. The molecule has 0 spiro atoms. The van der Waals surface area contributed by atoms with E-state index in [1.165, 1.54) is 38.2 Å². The summed E-state index contributed by atoms with van der Waals surface area (Å²) in [7, 11) is 3.47. The van der Waals surface area contributed by atoms with Gasteiger partial charge in [-0.25, -0.2) is 9.37 Å². The van der Waals surface area contributed by atoms with Crippen LogP contribution in [0.2, 0.25) is 0 Å². The molecule has 32 heavy (non-hydrogen) atoms. The zero-order valence-electron chi connectivity index (χ0n) is 20.0. The summed E-state index contributed by atoms with van der Waals surface area (Å²) >= 11 is 0. The SMILES string of the molecule is C.C=C(C)C(=C)c1cc(-c2cnc(C)n2C)cc(F)c1[N-]C.CCC1CCC(C)CC1.[W]. The number of nitrogens with zero attached hydrogens (tertiary/aromatic N) is 3. The summed E-state index contributed by atoms with van der Waals surface area (Å²) in [6, 6.07) is 3.37. The van der Waals surface area contributed by atoms with Gasteiger partial charge in [0.25, 0.3) is 0 Å². The molecular weight excluding hydrogens is 569 g/mol. The third-order valence-electron chi connectivity index (χ3n) is 6.36. The molecule has 1 aromatic heterocycles. The van der Waals surface area contributed by atoms with Crippen LogP contribution in [0.4, 0.5) is 10.1 Å². The van der Waals surface area contributed by atoms with Crippen molar-refractivity contribution in [2.75, 3.05) is 7.05 Å². The molecular formula is C27H41FN3W-. The van der Waals surface area contributed by atoms with Crippen LogP contribution < -0.4 is 0 Å². The maximum Gasteiger partial charge on any atom is 0.109 e. The number of hydrogen-bond acceptors (Lipinski definition) is 1. The molecule has 1 saturated carbocycles. The molecule has 1 aromatic carbocycles. The molecule has 2 aromatic rings. The summed E-state index contributed by atoms with van der Waals surface area (Å²) in [5.74, 6) is 2.59. The van der Waals surface area contributed by atoms with Gasteiger partial charge in [-0.15, -0.1) is 7.05 Å². The first-order chi connectivity index (χ1) is 14.2. The first-order valence-electron chi connectivity index (χ1n) is 11.0. The molecule has 0 N–H and O–H groups in total. The van der Waals surface area contributed by atoms with Crippen LogP contribution in [-0.4, -0.2) is 16.6 Å². The Morgan fingerprint density at radius 2 is 1.81 bits per heavy atom. The second-order valence-corrected chi connectivity index (χ2v) is 8.62. The Morgan fingerprint density at radius 3 is 2.25 bits per heavy atom. The zero-order chi connectivity index (χ0) is 22.4. The molecule has 0 amide bonds. The van der Waals surface area contributed by atoms with Crippen molar-refractivity contribution in [1.29, 1.82) is 0 Å². The Morgan fingerprint density at radius 1 is 1.22 bits per heavy atom. The van der Waals surface area contributed by atoms with Gasteiger partial charge >= 0.3 is 0 Å². The van der Waals surface area contributed by atoms with Gasteiger partial charge in [0, 0.05) is 33.7 Å². The molecule has 0 bridgehead atoms. The third kappa shape index (κ3) is 7.44. The molecule has 3 rings (SSSR count). The summed E-state index contributed by atoms with van der Waals surface area (Å²) in [5.41, 5.74) is 4.06. The number of halogens is 1. The zero-order valence-corrected chi connectivity index (χ0v) is 22.9. The summed E-state index contributed by atoms with van der Waals surface area (Å²) in [5, 5.41) is 4.04. The Balaban J connectivity index is 0.000000741. The van der Waals surface area contributed by atoms with E-state index in [1.807, 2.05) is 31.5 Å². The molecule has 5 heteroatoms. The molecule has 1 heterocycles. The average molecular weight is 610 g/mol. The van der Waals surface area contributed by atoms with Crippen LogP contribution in [0.25, 0.3) is 22.1 Å². The number of hydrogen-bond donors (Lipinski definition) is 0. The first kappa shape index (κ1) is 30.3. The van der Waals surface area contributed by atoms with Gasteiger partial charge in [-0.1, -0.05) is 77.8 Å². The van der Waals surface area contributed by atoms with Crippen molar-refractivity contribution in [1.82, 2.24) is 9.55 Å². The number of imidazole rings is 1. The molecule has 0 saturated heterocycles. The van der Waals surface area contributed by atoms with E-state index in [4.69, 9.17) is 0 Å². The largest absolute Gasteiger partial charge is 0.684 e. The van der Waals surface area contributed by atoms with E-state index in [1.54, 1.807) is 13.2 Å². The van der Waals surface area contributed by atoms with Gasteiger partial charge < -0.3 is 9.88 Å². The van der Waals surface area contributed by atoms with Crippen LogP contribution in [0.3, 0.4) is 0 Å². The fourth-order valence-electron chi connectivity index (χ4n) is 3.94. The Hall–Kier alpha value is -1.67. The van der Waals surface area contributed by atoms with E-state index in [2.05, 4.69) is 37.3 Å². The van der Waals surface area contributed by atoms with E-state index in [0.717, 1.165) is 34.5 Å². The van der Waals surface area contributed by atoms with E-state index < -0.39 is 0 Å². The molecule has 1 aliphatic carbocycles. The second kappa shape index (κ2) is 13.8. The molecule has 178 valence electrons. The summed E-state index contributed by atoms with van der Waals surface area (Å²) in [6.45, 7) is 16.3. The van der Waals surface area contributed by atoms with Gasteiger partial charge in [0.15, 0.2) is 0 Å². The summed E-state index contributed by atoms with van der Waals surface area (Å²) < 4.78 is 16.3. The Bertz CT molecular complexity index is 893. The van der Waals surface area contributed by atoms with Gasteiger partial charge in [0.05, 0.1) is 11.9 Å². The molecule has 0 aliphatic heterocycles. The van der Waals surface area contributed by atoms with Crippen LogP contribution in [0.5, 0.6) is 0 Å². The van der Waals surface area contributed by atoms with Crippen LogP contribution in [0.15, 0.2) is 37.1 Å². The van der Waals surface area contributed by atoms with Crippen molar-refractivity contribution < 1.29 is 25.5 Å². The normalized spacial score (nSPS) is 17.2. The van der Waals surface area contributed by atoms with Gasteiger partial charge in [-0.2, -0.15) is 0 Å². The van der Waals surface area contributed by atoms with E-state index in [-0.39, 0.29) is 34.3 Å². The van der Waals surface area contributed by atoms with Gasteiger partial charge in [-0.3, -0.25) is 0 Å². The van der Waals surface area contributed by atoms with Gasteiger partial charge in [-0.05, 0) is 49.0 Å². The molecule has 0 unspecified atom stereocenters. The Kier molecular flexibility index (Phi) is 13.1. The van der Waals surface area contributed by atoms with Crippen molar-refractivity contribution in [2.24, 2.45) is 18.9 Å². The quantitative estimate of drug-likeness (QED) is 0.312. The maximum atomic E-state index is 14.4. The monoisotopic (exact) mass is 610 g/mol. The minimum Gasteiger partial charge on any atom is -0.684 e. The minimum absolute atomic E-state index is 0. The van der Waals surface area contributed by atoms with Crippen molar-refractivity contribution in [3.63, 3.8) is 0 Å². The van der Waals surface area contributed by atoms with E-state index in [9.17, 15) is 4.39 Å². The fraction of sp³-hybridized carbons (Fsp3) is 0.519. The molecule has 0 atom stereocenters. The summed E-state index contributed by atoms with van der Waals surface area (Å²) in [6.07, 6.45) is 9.11. The Labute approximate surface area is 209 Å². The molecule has 3 nitrogen and oxygen atoms in total. The molecule has 0 radical (unpaired) electrons. The first-order valence-corrected chi connectivity index (χ1v) is 11.0. The van der Waals surface area contributed by atoms with Gasteiger partial charge in [0.1, 0.15) is 11.6 Å². The number of aryl methyl sites for hydroxylation is 1. The van der Waals surface area contributed by atoms with Gasteiger partial charge in [0.2, 0.25) is 0 Å². The third-order valence-corrected chi connectivity index (χ3v) is 6.36. The van der Waals surface area contributed by atoms with Crippen molar-refractivity contribution >= 4 is 11.3 Å².